The molecule has 2 aromatic rings. The summed E-state index contributed by atoms with van der Waals surface area (Å²) in [5.74, 6) is -0.987. The topological polar surface area (TPSA) is 79.3 Å². The summed E-state index contributed by atoms with van der Waals surface area (Å²) in [7, 11) is 0. The van der Waals surface area contributed by atoms with Crippen LogP contribution < -0.4 is 5.32 Å². The molecular formula is C15H18N2O3S2. The number of carbonyl (C=O) groups excluding carboxylic acids is 1. The van der Waals surface area contributed by atoms with E-state index >= 15 is 0 Å². The maximum atomic E-state index is 11.7. The fourth-order valence-corrected chi connectivity index (χ4v) is 3.67. The zero-order chi connectivity index (χ0) is 15.9. The van der Waals surface area contributed by atoms with Crippen LogP contribution in [0.25, 0.3) is 0 Å². The molecule has 0 spiro atoms. The van der Waals surface area contributed by atoms with Crippen molar-refractivity contribution in [1.82, 2.24) is 10.3 Å². The maximum Gasteiger partial charge on any atom is 0.355 e. The van der Waals surface area contributed by atoms with Gasteiger partial charge in [-0.15, -0.1) is 22.7 Å². The number of hydrogen-bond donors (Lipinski definition) is 2. The van der Waals surface area contributed by atoms with E-state index in [2.05, 4.69) is 29.4 Å². The monoisotopic (exact) mass is 338 g/mol. The number of aromatic nitrogens is 1. The first kappa shape index (κ1) is 16.6. The minimum Gasteiger partial charge on any atom is -0.476 e. The van der Waals surface area contributed by atoms with Crippen molar-refractivity contribution in [3.05, 3.63) is 38.0 Å². The van der Waals surface area contributed by atoms with Crippen LogP contribution >= 0.6 is 22.7 Å². The molecule has 0 saturated heterocycles. The largest absolute Gasteiger partial charge is 0.476 e. The van der Waals surface area contributed by atoms with Crippen molar-refractivity contribution in [3.63, 3.8) is 0 Å². The number of thiophene rings is 1. The molecule has 0 unspecified atom stereocenters. The lowest BCUT2D eigenvalue weighted by atomic mass is 10.2. The third-order valence-corrected chi connectivity index (χ3v) is 5.02. The van der Waals surface area contributed by atoms with E-state index < -0.39 is 5.97 Å². The minimum absolute atomic E-state index is 0.0308. The third-order valence-electron chi connectivity index (χ3n) is 3.05. The summed E-state index contributed by atoms with van der Waals surface area (Å²) in [6, 6.07) is 4.21. The van der Waals surface area contributed by atoms with Gasteiger partial charge in [0.05, 0.1) is 5.01 Å². The van der Waals surface area contributed by atoms with Gasteiger partial charge in [0, 0.05) is 34.5 Å². The lowest BCUT2D eigenvalue weighted by molar-refractivity contribution is -0.121. The Hall–Kier alpha value is -1.73. The number of thiazole rings is 1. The van der Waals surface area contributed by atoms with E-state index in [-0.39, 0.29) is 11.6 Å². The van der Waals surface area contributed by atoms with Crippen LogP contribution in [0.2, 0.25) is 0 Å². The zero-order valence-corrected chi connectivity index (χ0v) is 13.9. The van der Waals surface area contributed by atoms with Gasteiger partial charge in [0.25, 0.3) is 0 Å². The fourth-order valence-electron chi connectivity index (χ4n) is 1.96. The van der Waals surface area contributed by atoms with Gasteiger partial charge in [-0.2, -0.15) is 0 Å². The summed E-state index contributed by atoms with van der Waals surface area (Å²) in [5, 5.41) is 13.9. The molecule has 2 rings (SSSR count). The van der Waals surface area contributed by atoms with E-state index in [0.29, 0.717) is 19.4 Å². The quantitative estimate of drug-likeness (QED) is 0.776. The number of carboxylic acids is 1. The highest BCUT2D eigenvalue weighted by Crippen LogP contribution is 2.17. The lowest BCUT2D eigenvalue weighted by Crippen LogP contribution is -2.25. The highest BCUT2D eigenvalue weighted by Gasteiger charge is 2.09. The summed E-state index contributed by atoms with van der Waals surface area (Å²) >= 11 is 3.08. The molecule has 7 heteroatoms. The van der Waals surface area contributed by atoms with Gasteiger partial charge in [-0.3, -0.25) is 4.79 Å². The summed E-state index contributed by atoms with van der Waals surface area (Å²) in [6.07, 6.45) is 2.84. The van der Waals surface area contributed by atoms with Crippen LogP contribution in [0.1, 0.15) is 38.1 Å². The Balaban J connectivity index is 1.62. The van der Waals surface area contributed by atoms with E-state index in [1.165, 1.54) is 26.5 Å². The van der Waals surface area contributed by atoms with Gasteiger partial charge in [0.2, 0.25) is 5.91 Å². The molecule has 0 fully saturated rings. The molecule has 22 heavy (non-hydrogen) atoms. The molecule has 0 saturated carbocycles. The number of amides is 1. The van der Waals surface area contributed by atoms with E-state index in [1.54, 1.807) is 11.3 Å². The first-order valence-corrected chi connectivity index (χ1v) is 8.74. The molecule has 1 amide bonds. The van der Waals surface area contributed by atoms with Crippen LogP contribution in [0.3, 0.4) is 0 Å². The summed E-state index contributed by atoms with van der Waals surface area (Å²) in [5.41, 5.74) is 0.0672. The Kier molecular flexibility index (Phi) is 6.09. The minimum atomic E-state index is -1.02. The first-order valence-electron chi connectivity index (χ1n) is 7.04. The van der Waals surface area contributed by atoms with Gasteiger partial charge in [0.15, 0.2) is 5.69 Å². The molecule has 0 aliphatic carbocycles. The second-order valence-corrected chi connectivity index (χ2v) is 7.21. The Morgan fingerprint density at radius 2 is 2.14 bits per heavy atom. The highest BCUT2D eigenvalue weighted by atomic mass is 32.1. The number of nitrogens with zero attached hydrogens (tertiary/aromatic N) is 1. The van der Waals surface area contributed by atoms with Crippen LogP contribution in [0.15, 0.2) is 17.5 Å². The number of carboxylic acid groups (broad SMARTS) is 1. The normalized spacial score (nSPS) is 10.6. The molecule has 2 N–H and O–H groups in total. The molecule has 0 radical (unpaired) electrons. The summed E-state index contributed by atoms with van der Waals surface area (Å²) in [4.78, 5) is 29.0. The van der Waals surface area contributed by atoms with E-state index in [0.717, 1.165) is 17.8 Å². The Morgan fingerprint density at radius 1 is 1.32 bits per heavy atom. The number of aryl methyl sites for hydroxylation is 2. The molecule has 2 heterocycles. The predicted octanol–water partition coefficient (Wildman–Crippen LogP) is 2.89. The molecule has 118 valence electrons. The van der Waals surface area contributed by atoms with E-state index in [9.17, 15) is 9.59 Å². The van der Waals surface area contributed by atoms with Crippen LogP contribution in [0.4, 0.5) is 0 Å². The molecule has 0 bridgehead atoms. The number of hydrogen-bond acceptors (Lipinski definition) is 5. The smallest absolute Gasteiger partial charge is 0.355 e. The van der Waals surface area contributed by atoms with Crippen molar-refractivity contribution < 1.29 is 14.7 Å². The number of nitrogens with one attached hydrogen (secondary N) is 1. The summed E-state index contributed by atoms with van der Waals surface area (Å²) < 4.78 is 0. The fraction of sp³-hybridized carbons (Fsp3) is 0.400. The van der Waals surface area contributed by atoms with Gasteiger partial charge in [-0.1, -0.05) is 0 Å². The first-order chi connectivity index (χ1) is 10.5. The average Bonchev–Trinajstić information content (AvgIpc) is 3.08. The molecule has 5 nitrogen and oxygen atoms in total. The van der Waals surface area contributed by atoms with Crippen molar-refractivity contribution in [3.8, 4) is 0 Å². The number of rotatable bonds is 8. The van der Waals surface area contributed by atoms with Gasteiger partial charge < -0.3 is 10.4 Å². The second-order valence-electron chi connectivity index (χ2n) is 4.90. The number of aromatic carboxylic acids is 1. The number of carbonyl (C=O) groups is 2. The van der Waals surface area contributed by atoms with Crippen LogP contribution in [0, 0.1) is 6.92 Å². The van der Waals surface area contributed by atoms with Gasteiger partial charge >= 0.3 is 5.97 Å². The molecule has 0 aliphatic rings. The molecule has 0 aromatic carbocycles. The third kappa shape index (κ3) is 5.23. The Morgan fingerprint density at radius 3 is 2.77 bits per heavy atom. The van der Waals surface area contributed by atoms with Crippen molar-refractivity contribution >= 4 is 34.6 Å². The van der Waals surface area contributed by atoms with Gasteiger partial charge in [-0.05, 0) is 31.9 Å². The van der Waals surface area contributed by atoms with Crippen molar-refractivity contribution in [2.24, 2.45) is 0 Å². The Labute approximate surface area is 137 Å². The zero-order valence-electron chi connectivity index (χ0n) is 12.3. The van der Waals surface area contributed by atoms with Crippen molar-refractivity contribution in [2.75, 3.05) is 6.54 Å². The molecular weight excluding hydrogens is 320 g/mol. The second kappa shape index (κ2) is 8.05. The van der Waals surface area contributed by atoms with Gasteiger partial charge in [0.1, 0.15) is 0 Å². The maximum absolute atomic E-state index is 11.7. The van der Waals surface area contributed by atoms with Crippen LogP contribution in [-0.2, 0) is 17.6 Å². The lowest BCUT2D eigenvalue weighted by Gasteiger charge is -2.03. The standard InChI is InChI=1S/C15H18N2O3S2/c1-10-5-6-11(22-10)3-2-4-13(18)16-8-7-14-17-12(9-21-14)15(19)20/h5-6,9H,2-4,7-8H2,1H3,(H,16,18)(H,19,20). The SMILES string of the molecule is Cc1ccc(CCCC(=O)NCCc2nc(C(=O)O)cs2)s1. The predicted molar refractivity (Wildman–Crippen MR) is 87.8 cm³/mol. The Bertz CT molecular complexity index is 649. The van der Waals surface area contributed by atoms with Crippen LogP contribution in [0.5, 0.6) is 0 Å². The highest BCUT2D eigenvalue weighted by molar-refractivity contribution is 7.11. The van der Waals surface area contributed by atoms with Crippen molar-refractivity contribution in [2.45, 2.75) is 32.6 Å². The van der Waals surface area contributed by atoms with Gasteiger partial charge in [-0.25, -0.2) is 9.78 Å². The summed E-state index contributed by atoms with van der Waals surface area (Å²) in [6.45, 7) is 2.57. The van der Waals surface area contributed by atoms with E-state index in [4.69, 9.17) is 5.11 Å². The molecule has 0 atom stereocenters. The molecule has 0 aliphatic heterocycles. The van der Waals surface area contributed by atoms with Crippen molar-refractivity contribution in [1.29, 1.82) is 0 Å². The average molecular weight is 338 g/mol. The van der Waals surface area contributed by atoms with Crippen LogP contribution in [-0.4, -0.2) is 28.5 Å². The molecule has 2 aromatic heterocycles. The van der Waals surface area contributed by atoms with E-state index in [1.807, 2.05) is 0 Å².